The van der Waals surface area contributed by atoms with Crippen molar-refractivity contribution in [3.63, 3.8) is 0 Å². The van der Waals surface area contributed by atoms with Crippen molar-refractivity contribution in [1.29, 1.82) is 0 Å². The van der Waals surface area contributed by atoms with Crippen LogP contribution in [0.1, 0.15) is 69.3 Å². The Balaban J connectivity index is 1.59. The number of aromatic nitrogens is 2. The van der Waals surface area contributed by atoms with Gasteiger partial charge in [-0.1, -0.05) is 61.2 Å². The number of alkyl halides is 3. The molecule has 0 bridgehead atoms. The molecule has 0 radical (unpaired) electrons. The second-order valence-corrected chi connectivity index (χ2v) is 14.1. The summed E-state index contributed by atoms with van der Waals surface area (Å²) < 4.78 is 70.8. The van der Waals surface area contributed by atoms with E-state index in [0.717, 1.165) is 52.2 Å². The van der Waals surface area contributed by atoms with E-state index < -0.39 is 27.6 Å². The number of fused-ring (bicyclic) bond motifs is 1. The zero-order valence-corrected chi connectivity index (χ0v) is 25.5. The summed E-state index contributed by atoms with van der Waals surface area (Å²) in [6.45, 7) is 2.02. The lowest BCUT2D eigenvalue weighted by atomic mass is 9.81. The van der Waals surface area contributed by atoms with E-state index in [2.05, 4.69) is 10.4 Å². The number of carbonyl (C=O) groups is 2. The molecule has 2 aliphatic rings. The molecule has 43 heavy (non-hydrogen) atoms. The summed E-state index contributed by atoms with van der Waals surface area (Å²) in [7, 11) is -4.61. The minimum atomic E-state index is -4.82. The highest BCUT2D eigenvalue weighted by Crippen LogP contribution is 2.40. The molecule has 2 aromatic carbocycles. The van der Waals surface area contributed by atoms with Crippen LogP contribution in [0.25, 0.3) is 22.0 Å². The third kappa shape index (κ3) is 6.32. The van der Waals surface area contributed by atoms with Crippen LogP contribution in [0, 0.1) is 11.8 Å². The second-order valence-electron chi connectivity index (χ2n) is 12.1. The monoisotopic (exact) mass is 638 g/mol. The fraction of sp³-hybridized carbons (Fsp3) is 0.500. The van der Waals surface area contributed by atoms with Crippen molar-refractivity contribution in [1.82, 2.24) is 19.8 Å². The van der Waals surface area contributed by atoms with E-state index in [-0.39, 0.29) is 33.0 Å². The van der Waals surface area contributed by atoms with Crippen LogP contribution in [0.3, 0.4) is 0 Å². The summed E-state index contributed by atoms with van der Waals surface area (Å²) >= 11 is 6.89. The number of rotatable bonds is 9. The topological polar surface area (TPSA) is 110 Å². The molecule has 1 amide bonds. The van der Waals surface area contributed by atoms with E-state index in [1.54, 1.807) is 27.6 Å². The van der Waals surface area contributed by atoms with E-state index in [9.17, 15) is 31.2 Å². The number of aldehydes is 1. The Morgan fingerprint density at radius 1 is 1.07 bits per heavy atom. The number of nitrogens with zero attached hydrogens (tertiary/aromatic N) is 2. The van der Waals surface area contributed by atoms with E-state index in [0.29, 0.717) is 41.9 Å². The maximum Gasteiger partial charge on any atom is 0.407 e. The van der Waals surface area contributed by atoms with Crippen LogP contribution in [0.4, 0.5) is 13.2 Å². The number of halogens is 4. The Labute approximate surface area is 253 Å². The molecule has 5 rings (SSSR count). The van der Waals surface area contributed by atoms with E-state index in [4.69, 9.17) is 11.6 Å². The largest absolute Gasteiger partial charge is 0.407 e. The van der Waals surface area contributed by atoms with Crippen LogP contribution in [0.2, 0.25) is 5.02 Å². The van der Waals surface area contributed by atoms with Gasteiger partial charge >= 0.3 is 6.18 Å². The molecule has 0 saturated heterocycles. The number of sulfonamides is 1. The molecule has 0 spiro atoms. The van der Waals surface area contributed by atoms with Crippen molar-refractivity contribution < 1.29 is 31.2 Å². The Hall–Kier alpha value is -2.96. The first kappa shape index (κ1) is 31.5. The number of nitrogens with one attached hydrogen (secondary N) is 2. The number of carbonyl (C=O) groups excluding carboxylic acids is 2. The van der Waals surface area contributed by atoms with E-state index in [1.165, 1.54) is 18.2 Å². The summed E-state index contributed by atoms with van der Waals surface area (Å²) in [5.74, 6) is -0.248. The van der Waals surface area contributed by atoms with Gasteiger partial charge in [0.2, 0.25) is 10.0 Å². The molecule has 2 aliphatic carbocycles. The van der Waals surface area contributed by atoms with Crippen LogP contribution in [0.15, 0.2) is 41.3 Å². The molecule has 2 N–H and O–H groups in total. The van der Waals surface area contributed by atoms with Crippen LogP contribution in [0.5, 0.6) is 0 Å². The molecule has 2 fully saturated rings. The SMILES string of the molecule is CC(C)(NS(=O)(=O)c1ccc(-c2c(Cl)c(C(=O)NC3CC(C=O)C3)nn2CC2CCCCC2)c2ccccc12)C(F)(F)F. The highest BCUT2D eigenvalue weighted by atomic mass is 35.5. The minimum absolute atomic E-state index is 0.0244. The van der Waals surface area contributed by atoms with Gasteiger partial charge in [-0.15, -0.1) is 0 Å². The Bertz CT molecular complexity index is 1640. The van der Waals surface area contributed by atoms with Crippen molar-refractivity contribution in [2.24, 2.45) is 11.8 Å². The van der Waals surface area contributed by atoms with Gasteiger partial charge in [0.05, 0.1) is 15.6 Å². The fourth-order valence-electron chi connectivity index (χ4n) is 5.89. The zero-order chi connectivity index (χ0) is 31.2. The highest BCUT2D eigenvalue weighted by molar-refractivity contribution is 7.89. The summed E-state index contributed by atoms with van der Waals surface area (Å²) in [6.07, 6.45) is 2.45. The average molecular weight is 639 g/mol. The van der Waals surface area contributed by atoms with Gasteiger partial charge in [-0.05, 0) is 56.9 Å². The van der Waals surface area contributed by atoms with Gasteiger partial charge in [0, 0.05) is 29.5 Å². The van der Waals surface area contributed by atoms with Gasteiger partial charge < -0.3 is 10.1 Å². The molecule has 0 unspecified atom stereocenters. The molecule has 1 aromatic heterocycles. The van der Waals surface area contributed by atoms with Gasteiger partial charge in [-0.3, -0.25) is 9.48 Å². The highest BCUT2D eigenvalue weighted by Gasteiger charge is 2.50. The predicted molar refractivity (Wildman–Crippen MR) is 157 cm³/mol. The second kappa shape index (κ2) is 11.9. The first-order valence-corrected chi connectivity index (χ1v) is 16.2. The average Bonchev–Trinajstić information content (AvgIpc) is 3.24. The van der Waals surface area contributed by atoms with Crippen molar-refractivity contribution in [2.75, 3.05) is 0 Å². The molecular formula is C30H34ClF3N4O4S. The standard InChI is InChI=1S/C30H34ClF3N4O4S/c1-29(2,30(32,33)34)37-43(41,42)24-13-12-23(21-10-6-7-11-22(21)24)27-25(31)26(28(40)35-20-14-19(15-20)17-39)36-38(27)16-18-8-4-3-5-9-18/h6-7,10-13,17-20,37H,3-5,8-9,14-16H2,1-2H3,(H,35,40). The van der Waals surface area contributed by atoms with E-state index in [1.807, 2.05) is 0 Å². The van der Waals surface area contributed by atoms with Crippen LogP contribution >= 0.6 is 11.6 Å². The molecule has 13 heteroatoms. The Morgan fingerprint density at radius 3 is 2.35 bits per heavy atom. The molecule has 1 heterocycles. The fourth-order valence-corrected chi connectivity index (χ4v) is 7.83. The summed E-state index contributed by atoms with van der Waals surface area (Å²) in [5.41, 5.74) is -1.75. The van der Waals surface area contributed by atoms with Crippen LogP contribution in [-0.2, 0) is 21.4 Å². The summed E-state index contributed by atoms with van der Waals surface area (Å²) in [5, 5.41) is 8.26. The molecule has 232 valence electrons. The normalized spacial score (nSPS) is 20.1. The predicted octanol–water partition coefficient (Wildman–Crippen LogP) is 6.26. The third-order valence-corrected chi connectivity index (χ3v) is 10.6. The van der Waals surface area contributed by atoms with E-state index >= 15 is 0 Å². The first-order valence-electron chi connectivity index (χ1n) is 14.4. The molecular weight excluding hydrogens is 605 g/mol. The molecule has 8 nitrogen and oxygen atoms in total. The van der Waals surface area contributed by atoms with Crippen molar-refractivity contribution in [2.45, 2.75) is 88.0 Å². The number of hydrogen-bond acceptors (Lipinski definition) is 5. The molecule has 3 aromatic rings. The third-order valence-electron chi connectivity index (χ3n) is 8.49. The quantitative estimate of drug-likeness (QED) is 0.269. The van der Waals surface area contributed by atoms with Crippen molar-refractivity contribution in [3.8, 4) is 11.3 Å². The van der Waals surface area contributed by atoms with Gasteiger partial charge in [0.1, 0.15) is 11.8 Å². The molecule has 0 atom stereocenters. The summed E-state index contributed by atoms with van der Waals surface area (Å²) in [6, 6.07) is 9.08. The smallest absolute Gasteiger partial charge is 0.348 e. The molecule has 2 saturated carbocycles. The van der Waals surface area contributed by atoms with Gasteiger partial charge in [0.25, 0.3) is 5.91 Å². The maximum absolute atomic E-state index is 13.6. The zero-order valence-electron chi connectivity index (χ0n) is 23.9. The Kier molecular flexibility index (Phi) is 8.67. The lowest BCUT2D eigenvalue weighted by molar-refractivity contribution is -0.180. The van der Waals surface area contributed by atoms with Gasteiger partial charge in [0.15, 0.2) is 5.69 Å². The van der Waals surface area contributed by atoms with Crippen LogP contribution < -0.4 is 10.0 Å². The van der Waals surface area contributed by atoms with Crippen LogP contribution in [-0.4, -0.2) is 48.1 Å². The summed E-state index contributed by atoms with van der Waals surface area (Å²) in [4.78, 5) is 24.0. The number of hydrogen-bond donors (Lipinski definition) is 2. The lowest BCUT2D eigenvalue weighted by Gasteiger charge is -2.31. The van der Waals surface area contributed by atoms with Crippen molar-refractivity contribution in [3.05, 3.63) is 47.1 Å². The molecule has 0 aliphatic heterocycles. The maximum atomic E-state index is 13.6. The lowest BCUT2D eigenvalue weighted by Crippen LogP contribution is -2.54. The van der Waals surface area contributed by atoms with Crippen molar-refractivity contribution >= 4 is 44.6 Å². The number of benzene rings is 2. The van der Waals surface area contributed by atoms with Gasteiger partial charge in [-0.2, -0.15) is 23.0 Å². The first-order chi connectivity index (χ1) is 20.2. The Morgan fingerprint density at radius 2 is 1.72 bits per heavy atom. The minimum Gasteiger partial charge on any atom is -0.348 e. The van der Waals surface area contributed by atoms with Gasteiger partial charge in [-0.25, -0.2) is 8.42 Å². The number of amides is 1.